The standard InChI is InChI=1S/C12H13BrF2O/c13-9-5-4-8(10(14)11(9)15)12(16)6-2-1-3-7-12/h4-5,16H,1-3,6-7H2. The molecule has 1 nitrogen and oxygen atoms in total. The molecule has 0 unspecified atom stereocenters. The zero-order valence-corrected chi connectivity index (χ0v) is 10.4. The maximum absolute atomic E-state index is 13.7. The Balaban J connectivity index is 2.43. The highest BCUT2D eigenvalue weighted by Crippen LogP contribution is 2.39. The van der Waals surface area contributed by atoms with E-state index in [1.165, 1.54) is 12.1 Å². The van der Waals surface area contributed by atoms with Crippen LogP contribution in [0.2, 0.25) is 0 Å². The van der Waals surface area contributed by atoms with E-state index in [4.69, 9.17) is 0 Å². The first kappa shape index (κ1) is 12.0. The van der Waals surface area contributed by atoms with Crippen LogP contribution in [-0.2, 0) is 5.60 Å². The van der Waals surface area contributed by atoms with Crippen LogP contribution in [0.15, 0.2) is 16.6 Å². The van der Waals surface area contributed by atoms with Crippen molar-refractivity contribution in [2.24, 2.45) is 0 Å². The minimum Gasteiger partial charge on any atom is -0.385 e. The highest BCUT2D eigenvalue weighted by atomic mass is 79.9. The molecule has 0 saturated heterocycles. The summed E-state index contributed by atoms with van der Waals surface area (Å²) in [4.78, 5) is 0. The van der Waals surface area contributed by atoms with Crippen LogP contribution in [0, 0.1) is 11.6 Å². The fraction of sp³-hybridized carbons (Fsp3) is 0.500. The third-order valence-corrected chi connectivity index (χ3v) is 3.83. The Bertz CT molecular complexity index is 400. The van der Waals surface area contributed by atoms with Gasteiger partial charge in [-0.05, 0) is 34.8 Å². The van der Waals surface area contributed by atoms with Gasteiger partial charge in [-0.2, -0.15) is 0 Å². The zero-order valence-electron chi connectivity index (χ0n) is 8.77. The van der Waals surface area contributed by atoms with E-state index in [2.05, 4.69) is 15.9 Å². The fourth-order valence-corrected chi connectivity index (χ4v) is 2.60. The largest absolute Gasteiger partial charge is 0.385 e. The van der Waals surface area contributed by atoms with Crippen molar-refractivity contribution >= 4 is 15.9 Å². The first-order valence-electron chi connectivity index (χ1n) is 5.41. The molecule has 0 bridgehead atoms. The molecule has 0 atom stereocenters. The van der Waals surface area contributed by atoms with Crippen molar-refractivity contribution in [1.82, 2.24) is 0 Å². The lowest BCUT2D eigenvalue weighted by Gasteiger charge is -2.32. The Kier molecular flexibility index (Phi) is 3.31. The molecule has 0 heterocycles. The second-order valence-corrected chi connectivity index (χ2v) is 5.17. The number of benzene rings is 1. The molecule has 88 valence electrons. The van der Waals surface area contributed by atoms with Crippen molar-refractivity contribution < 1.29 is 13.9 Å². The molecule has 1 aromatic carbocycles. The van der Waals surface area contributed by atoms with Gasteiger partial charge in [-0.15, -0.1) is 0 Å². The van der Waals surface area contributed by atoms with E-state index in [1.807, 2.05) is 0 Å². The van der Waals surface area contributed by atoms with Crippen LogP contribution in [0.4, 0.5) is 8.78 Å². The van der Waals surface area contributed by atoms with Crippen molar-refractivity contribution in [3.05, 3.63) is 33.8 Å². The van der Waals surface area contributed by atoms with Gasteiger partial charge in [0.25, 0.3) is 0 Å². The van der Waals surface area contributed by atoms with Crippen molar-refractivity contribution in [3.8, 4) is 0 Å². The molecule has 0 aliphatic heterocycles. The average Bonchev–Trinajstić information content (AvgIpc) is 2.27. The van der Waals surface area contributed by atoms with Crippen LogP contribution >= 0.6 is 15.9 Å². The molecule has 1 aliphatic rings. The molecule has 1 aromatic rings. The van der Waals surface area contributed by atoms with Crippen molar-refractivity contribution in [3.63, 3.8) is 0 Å². The molecule has 0 spiro atoms. The summed E-state index contributed by atoms with van der Waals surface area (Å²) < 4.78 is 27.2. The summed E-state index contributed by atoms with van der Waals surface area (Å²) >= 11 is 2.93. The summed E-state index contributed by atoms with van der Waals surface area (Å²) in [5.41, 5.74) is -1.10. The highest BCUT2D eigenvalue weighted by molar-refractivity contribution is 9.10. The minimum atomic E-state index is -1.19. The predicted octanol–water partition coefficient (Wildman–Crippen LogP) is 3.88. The van der Waals surface area contributed by atoms with E-state index in [0.29, 0.717) is 12.8 Å². The number of halogens is 3. The highest BCUT2D eigenvalue weighted by Gasteiger charge is 2.34. The van der Waals surface area contributed by atoms with Gasteiger partial charge in [0.15, 0.2) is 11.6 Å². The van der Waals surface area contributed by atoms with Crippen LogP contribution in [0.5, 0.6) is 0 Å². The molecule has 0 aromatic heterocycles. The first-order valence-corrected chi connectivity index (χ1v) is 6.20. The fourth-order valence-electron chi connectivity index (χ4n) is 2.29. The Morgan fingerprint density at radius 2 is 1.69 bits per heavy atom. The van der Waals surface area contributed by atoms with E-state index in [1.54, 1.807) is 0 Å². The maximum atomic E-state index is 13.7. The number of hydrogen-bond acceptors (Lipinski definition) is 1. The summed E-state index contributed by atoms with van der Waals surface area (Å²) in [5.74, 6) is -1.85. The normalized spacial score (nSPS) is 19.8. The average molecular weight is 291 g/mol. The summed E-state index contributed by atoms with van der Waals surface area (Å²) in [5, 5.41) is 10.3. The van der Waals surface area contributed by atoms with Gasteiger partial charge in [-0.1, -0.05) is 25.3 Å². The topological polar surface area (TPSA) is 20.2 Å². The molecular weight excluding hydrogens is 278 g/mol. The van der Waals surface area contributed by atoms with Crippen LogP contribution in [0.3, 0.4) is 0 Å². The number of aliphatic hydroxyl groups is 1. The first-order chi connectivity index (χ1) is 7.54. The van der Waals surface area contributed by atoms with Gasteiger partial charge in [0.05, 0.1) is 10.1 Å². The van der Waals surface area contributed by atoms with Crippen LogP contribution < -0.4 is 0 Å². The van der Waals surface area contributed by atoms with Gasteiger partial charge < -0.3 is 5.11 Å². The van der Waals surface area contributed by atoms with Crippen molar-refractivity contribution in [1.29, 1.82) is 0 Å². The lowest BCUT2D eigenvalue weighted by atomic mass is 9.79. The Morgan fingerprint density at radius 3 is 2.31 bits per heavy atom. The summed E-state index contributed by atoms with van der Waals surface area (Å²) in [6, 6.07) is 2.91. The molecule has 1 aliphatic carbocycles. The lowest BCUT2D eigenvalue weighted by molar-refractivity contribution is -0.00432. The van der Waals surface area contributed by atoms with E-state index >= 15 is 0 Å². The minimum absolute atomic E-state index is 0.0906. The Hall–Kier alpha value is -0.480. The third kappa shape index (κ3) is 2.00. The van der Waals surface area contributed by atoms with Crippen LogP contribution in [0.1, 0.15) is 37.7 Å². The van der Waals surface area contributed by atoms with Gasteiger partial charge in [0.2, 0.25) is 0 Å². The molecule has 4 heteroatoms. The van der Waals surface area contributed by atoms with E-state index in [0.717, 1.165) is 19.3 Å². The van der Waals surface area contributed by atoms with Gasteiger partial charge in [0, 0.05) is 5.56 Å². The van der Waals surface area contributed by atoms with E-state index < -0.39 is 17.2 Å². The molecule has 16 heavy (non-hydrogen) atoms. The second kappa shape index (κ2) is 4.41. The number of rotatable bonds is 1. The monoisotopic (exact) mass is 290 g/mol. The Labute approximate surface area is 102 Å². The Morgan fingerprint density at radius 1 is 1.06 bits per heavy atom. The van der Waals surface area contributed by atoms with Gasteiger partial charge >= 0.3 is 0 Å². The second-order valence-electron chi connectivity index (χ2n) is 4.32. The van der Waals surface area contributed by atoms with E-state index in [-0.39, 0.29) is 10.0 Å². The molecule has 1 fully saturated rings. The SMILES string of the molecule is OC1(c2ccc(Br)c(F)c2F)CCCCC1. The molecule has 2 rings (SSSR count). The number of hydrogen-bond donors (Lipinski definition) is 1. The summed E-state index contributed by atoms with van der Waals surface area (Å²) in [7, 11) is 0. The van der Waals surface area contributed by atoms with E-state index in [9.17, 15) is 13.9 Å². The zero-order chi connectivity index (χ0) is 11.8. The maximum Gasteiger partial charge on any atom is 0.173 e. The van der Waals surface area contributed by atoms with Crippen LogP contribution in [0.25, 0.3) is 0 Å². The summed E-state index contributed by atoms with van der Waals surface area (Å²) in [6.45, 7) is 0. The van der Waals surface area contributed by atoms with Gasteiger partial charge in [-0.25, -0.2) is 8.78 Å². The molecule has 0 amide bonds. The third-order valence-electron chi connectivity index (χ3n) is 3.22. The van der Waals surface area contributed by atoms with Crippen LogP contribution in [-0.4, -0.2) is 5.11 Å². The smallest absolute Gasteiger partial charge is 0.173 e. The molecular formula is C12H13BrF2O. The van der Waals surface area contributed by atoms with Crippen molar-refractivity contribution in [2.45, 2.75) is 37.7 Å². The molecule has 1 saturated carbocycles. The predicted molar refractivity (Wildman–Crippen MR) is 61.0 cm³/mol. The van der Waals surface area contributed by atoms with Crippen molar-refractivity contribution in [2.75, 3.05) is 0 Å². The molecule has 0 radical (unpaired) electrons. The van der Waals surface area contributed by atoms with Gasteiger partial charge in [-0.3, -0.25) is 0 Å². The van der Waals surface area contributed by atoms with Gasteiger partial charge in [0.1, 0.15) is 0 Å². The molecule has 1 N–H and O–H groups in total. The lowest BCUT2D eigenvalue weighted by Crippen LogP contribution is -2.30. The summed E-state index contributed by atoms with van der Waals surface area (Å²) in [6.07, 6.45) is 3.76. The quantitative estimate of drug-likeness (QED) is 0.778.